The van der Waals surface area contributed by atoms with Crippen molar-refractivity contribution in [3.8, 4) is 0 Å². The zero-order chi connectivity index (χ0) is 19.5. The van der Waals surface area contributed by atoms with Gasteiger partial charge in [0, 0.05) is 16.8 Å². The van der Waals surface area contributed by atoms with Gasteiger partial charge in [-0.1, -0.05) is 12.1 Å². The number of ether oxygens (including phenoxy) is 1. The Kier molecular flexibility index (Phi) is 5.08. The standard InChI is InChI=1S/C21H19N3O3S/c1-2-27-21(26)14-6-3-7-15(12-14)23-19-18-17(9-4-10-22-18)20(25)24(19)13-16-8-5-11-28-16/h3-12,19,23H,2,13H2,1H3/t19-/m1/s1. The van der Waals surface area contributed by atoms with Crippen molar-refractivity contribution in [3.05, 3.63) is 81.8 Å². The summed E-state index contributed by atoms with van der Waals surface area (Å²) in [5.74, 6) is -0.432. The summed E-state index contributed by atoms with van der Waals surface area (Å²) >= 11 is 1.61. The molecule has 28 heavy (non-hydrogen) atoms. The fourth-order valence-electron chi connectivity index (χ4n) is 3.22. The van der Waals surface area contributed by atoms with E-state index in [0.717, 1.165) is 10.6 Å². The first-order valence-electron chi connectivity index (χ1n) is 8.99. The molecular weight excluding hydrogens is 374 g/mol. The van der Waals surface area contributed by atoms with Gasteiger partial charge in [0.25, 0.3) is 5.91 Å². The Morgan fingerprint density at radius 3 is 2.93 bits per heavy atom. The summed E-state index contributed by atoms with van der Waals surface area (Å²) in [6.45, 7) is 2.58. The van der Waals surface area contributed by atoms with E-state index in [1.807, 2.05) is 23.6 Å². The fourth-order valence-corrected chi connectivity index (χ4v) is 3.93. The van der Waals surface area contributed by atoms with Gasteiger partial charge < -0.3 is 15.0 Å². The third-order valence-electron chi connectivity index (χ3n) is 4.48. The Labute approximate surface area is 166 Å². The van der Waals surface area contributed by atoms with E-state index in [9.17, 15) is 9.59 Å². The van der Waals surface area contributed by atoms with E-state index in [2.05, 4.69) is 10.3 Å². The van der Waals surface area contributed by atoms with Gasteiger partial charge in [-0.15, -0.1) is 11.3 Å². The molecule has 4 rings (SSSR count). The van der Waals surface area contributed by atoms with Crippen molar-refractivity contribution in [1.82, 2.24) is 9.88 Å². The van der Waals surface area contributed by atoms with Crippen molar-refractivity contribution >= 4 is 28.9 Å². The summed E-state index contributed by atoms with van der Waals surface area (Å²) < 4.78 is 5.08. The maximum absolute atomic E-state index is 13.0. The zero-order valence-electron chi connectivity index (χ0n) is 15.3. The summed E-state index contributed by atoms with van der Waals surface area (Å²) in [5, 5.41) is 5.36. The summed E-state index contributed by atoms with van der Waals surface area (Å²) in [6.07, 6.45) is 1.27. The van der Waals surface area contributed by atoms with Crippen LogP contribution in [0.25, 0.3) is 0 Å². The van der Waals surface area contributed by atoms with Gasteiger partial charge in [-0.05, 0) is 48.7 Å². The van der Waals surface area contributed by atoms with Crippen molar-refractivity contribution in [2.24, 2.45) is 0 Å². The van der Waals surface area contributed by atoms with Crippen LogP contribution in [0.2, 0.25) is 0 Å². The third-order valence-corrected chi connectivity index (χ3v) is 5.34. The summed E-state index contributed by atoms with van der Waals surface area (Å²) in [5.41, 5.74) is 2.46. The molecule has 1 aliphatic rings. The third kappa shape index (κ3) is 3.48. The maximum Gasteiger partial charge on any atom is 0.338 e. The number of nitrogens with zero attached hydrogens (tertiary/aromatic N) is 2. The normalized spacial score (nSPS) is 15.4. The maximum atomic E-state index is 13.0. The highest BCUT2D eigenvalue weighted by atomic mass is 32.1. The number of pyridine rings is 1. The molecule has 0 bridgehead atoms. The molecule has 2 aromatic heterocycles. The molecule has 0 fully saturated rings. The van der Waals surface area contributed by atoms with Crippen LogP contribution in [0.1, 0.15) is 44.4 Å². The molecule has 142 valence electrons. The van der Waals surface area contributed by atoms with Crippen LogP contribution in [-0.2, 0) is 11.3 Å². The Hall–Kier alpha value is -3.19. The van der Waals surface area contributed by atoms with Crippen LogP contribution in [0.5, 0.6) is 0 Å². The molecule has 0 saturated carbocycles. The second kappa shape index (κ2) is 7.82. The number of hydrogen-bond donors (Lipinski definition) is 1. The summed E-state index contributed by atoms with van der Waals surface area (Å²) in [6, 6.07) is 14.6. The lowest BCUT2D eigenvalue weighted by Crippen LogP contribution is -2.31. The number of amides is 1. The van der Waals surface area contributed by atoms with E-state index in [-0.39, 0.29) is 11.9 Å². The fraction of sp³-hybridized carbons (Fsp3) is 0.190. The number of hydrogen-bond acceptors (Lipinski definition) is 6. The molecule has 6 nitrogen and oxygen atoms in total. The van der Waals surface area contributed by atoms with Crippen LogP contribution >= 0.6 is 11.3 Å². The molecule has 1 atom stereocenters. The number of thiophene rings is 1. The molecule has 0 spiro atoms. The summed E-state index contributed by atoms with van der Waals surface area (Å²) in [4.78, 5) is 32.3. The van der Waals surface area contributed by atoms with Gasteiger partial charge in [0.2, 0.25) is 0 Å². The lowest BCUT2D eigenvalue weighted by atomic mass is 10.2. The molecule has 3 heterocycles. The van der Waals surface area contributed by atoms with E-state index in [1.165, 1.54) is 0 Å². The van der Waals surface area contributed by atoms with Gasteiger partial charge in [-0.3, -0.25) is 9.78 Å². The smallest absolute Gasteiger partial charge is 0.338 e. The molecule has 7 heteroatoms. The Balaban J connectivity index is 1.65. The average Bonchev–Trinajstić information content (AvgIpc) is 3.32. The Morgan fingerprint density at radius 2 is 2.14 bits per heavy atom. The van der Waals surface area contributed by atoms with E-state index in [0.29, 0.717) is 30.0 Å². The lowest BCUT2D eigenvalue weighted by Gasteiger charge is -2.26. The van der Waals surface area contributed by atoms with Crippen LogP contribution in [0.4, 0.5) is 5.69 Å². The largest absolute Gasteiger partial charge is 0.462 e. The number of anilines is 1. The highest BCUT2D eigenvalue weighted by Crippen LogP contribution is 2.34. The Morgan fingerprint density at radius 1 is 1.25 bits per heavy atom. The topological polar surface area (TPSA) is 71.5 Å². The van der Waals surface area contributed by atoms with Crippen molar-refractivity contribution < 1.29 is 14.3 Å². The number of esters is 1. The Bertz CT molecular complexity index is 1000. The highest BCUT2D eigenvalue weighted by molar-refractivity contribution is 7.09. The van der Waals surface area contributed by atoms with Gasteiger partial charge >= 0.3 is 5.97 Å². The van der Waals surface area contributed by atoms with Gasteiger partial charge in [0.05, 0.1) is 30.0 Å². The molecule has 0 unspecified atom stereocenters. The molecule has 1 aliphatic heterocycles. The second-order valence-electron chi connectivity index (χ2n) is 6.30. The van der Waals surface area contributed by atoms with Crippen molar-refractivity contribution in [1.29, 1.82) is 0 Å². The summed E-state index contributed by atoms with van der Waals surface area (Å²) in [7, 11) is 0. The number of nitrogens with one attached hydrogen (secondary N) is 1. The molecule has 1 N–H and O–H groups in total. The molecule has 3 aromatic rings. The van der Waals surface area contributed by atoms with Gasteiger partial charge in [0.1, 0.15) is 6.17 Å². The molecule has 1 amide bonds. The first kappa shape index (κ1) is 18.2. The van der Waals surface area contributed by atoms with Crippen molar-refractivity contribution in [3.63, 3.8) is 0 Å². The van der Waals surface area contributed by atoms with Crippen molar-refractivity contribution in [2.75, 3.05) is 11.9 Å². The number of carbonyl (C=O) groups is 2. The first-order valence-corrected chi connectivity index (χ1v) is 9.87. The van der Waals surface area contributed by atoms with E-state index < -0.39 is 6.17 Å². The van der Waals surface area contributed by atoms with Gasteiger partial charge in [0.15, 0.2) is 0 Å². The monoisotopic (exact) mass is 393 g/mol. The number of rotatable bonds is 6. The van der Waals surface area contributed by atoms with Crippen LogP contribution in [-0.4, -0.2) is 28.4 Å². The minimum atomic E-state index is -0.414. The molecular formula is C21H19N3O3S. The number of carbonyl (C=O) groups excluding carboxylic acids is 2. The average molecular weight is 393 g/mol. The molecule has 0 radical (unpaired) electrons. The quantitative estimate of drug-likeness (QED) is 0.639. The molecule has 1 aromatic carbocycles. The van der Waals surface area contributed by atoms with Gasteiger partial charge in [-0.2, -0.15) is 0 Å². The van der Waals surface area contributed by atoms with Crippen LogP contribution < -0.4 is 5.32 Å². The molecule has 0 saturated heterocycles. The van der Waals surface area contributed by atoms with Crippen LogP contribution in [0.15, 0.2) is 60.1 Å². The number of benzene rings is 1. The predicted molar refractivity (Wildman–Crippen MR) is 107 cm³/mol. The lowest BCUT2D eigenvalue weighted by molar-refractivity contribution is 0.0526. The van der Waals surface area contributed by atoms with E-state index in [4.69, 9.17) is 4.74 Å². The van der Waals surface area contributed by atoms with E-state index >= 15 is 0 Å². The zero-order valence-corrected chi connectivity index (χ0v) is 16.1. The number of aromatic nitrogens is 1. The van der Waals surface area contributed by atoms with Crippen LogP contribution in [0, 0.1) is 0 Å². The van der Waals surface area contributed by atoms with Crippen LogP contribution in [0.3, 0.4) is 0 Å². The van der Waals surface area contributed by atoms with Gasteiger partial charge in [-0.25, -0.2) is 4.79 Å². The first-order chi connectivity index (χ1) is 13.7. The molecule has 0 aliphatic carbocycles. The van der Waals surface area contributed by atoms with Crippen molar-refractivity contribution in [2.45, 2.75) is 19.6 Å². The minimum Gasteiger partial charge on any atom is -0.462 e. The van der Waals surface area contributed by atoms with E-state index in [1.54, 1.807) is 59.7 Å². The SMILES string of the molecule is CCOC(=O)c1cccc(N[C@H]2c3ncccc3C(=O)N2Cc2cccs2)c1. The predicted octanol–water partition coefficient (Wildman–Crippen LogP) is 4.09. The second-order valence-corrected chi connectivity index (χ2v) is 7.33. The highest BCUT2D eigenvalue weighted by Gasteiger charge is 2.38. The minimum absolute atomic E-state index is 0.0597. The number of fused-ring (bicyclic) bond motifs is 1.